The van der Waals surface area contributed by atoms with Crippen LogP contribution in [-0.4, -0.2) is 29.6 Å². The molecule has 0 aliphatic heterocycles. The summed E-state index contributed by atoms with van der Waals surface area (Å²) in [5, 5.41) is 8.47. The van der Waals surface area contributed by atoms with Gasteiger partial charge < -0.3 is 10.0 Å². The van der Waals surface area contributed by atoms with Gasteiger partial charge >= 0.3 is 5.97 Å². The number of thiophene rings is 1. The lowest BCUT2D eigenvalue weighted by atomic mass is 10.4. The third kappa shape index (κ3) is 4.27. The van der Waals surface area contributed by atoms with Crippen LogP contribution in [-0.2, 0) is 11.3 Å². The topological polar surface area (TPSA) is 40.5 Å². The lowest BCUT2D eigenvalue weighted by Crippen LogP contribution is -2.15. The molecule has 1 rings (SSSR count). The van der Waals surface area contributed by atoms with Gasteiger partial charge in [0.1, 0.15) is 0 Å². The Hall–Kier alpha value is -1.13. The van der Waals surface area contributed by atoms with Crippen molar-refractivity contribution < 1.29 is 9.90 Å². The quantitative estimate of drug-likeness (QED) is 0.782. The molecule has 0 fully saturated rings. The van der Waals surface area contributed by atoms with Crippen LogP contribution in [0.25, 0.3) is 6.08 Å². The van der Waals surface area contributed by atoms with Gasteiger partial charge in [0.25, 0.3) is 0 Å². The third-order valence-electron chi connectivity index (χ3n) is 2.04. The normalized spacial score (nSPS) is 11.4. The van der Waals surface area contributed by atoms with E-state index in [0.717, 1.165) is 18.0 Å². The lowest BCUT2D eigenvalue weighted by Gasteiger charge is -2.11. The van der Waals surface area contributed by atoms with Crippen molar-refractivity contribution in [3.8, 4) is 0 Å². The van der Waals surface area contributed by atoms with Crippen molar-refractivity contribution in [2.75, 3.05) is 13.6 Å². The van der Waals surface area contributed by atoms with E-state index in [2.05, 4.69) is 18.9 Å². The number of rotatable bonds is 5. The average molecular weight is 225 g/mol. The maximum Gasteiger partial charge on any atom is 0.328 e. The van der Waals surface area contributed by atoms with Gasteiger partial charge in [0.15, 0.2) is 0 Å². The Morgan fingerprint density at radius 3 is 2.93 bits per heavy atom. The van der Waals surface area contributed by atoms with E-state index in [-0.39, 0.29) is 0 Å². The number of nitrogens with zero attached hydrogens (tertiary/aromatic N) is 1. The Morgan fingerprint density at radius 2 is 2.33 bits per heavy atom. The molecule has 0 radical (unpaired) electrons. The molecule has 0 bridgehead atoms. The second kappa shape index (κ2) is 5.68. The molecule has 0 spiro atoms. The predicted octanol–water partition coefficient (Wildman–Crippen LogP) is 2.30. The number of carboxylic acid groups (broad SMARTS) is 1. The Bertz CT molecular complexity index is 357. The monoisotopic (exact) mass is 225 g/mol. The largest absolute Gasteiger partial charge is 0.478 e. The van der Waals surface area contributed by atoms with E-state index in [9.17, 15) is 4.79 Å². The Labute approximate surface area is 93.7 Å². The van der Waals surface area contributed by atoms with E-state index in [1.807, 2.05) is 12.1 Å². The number of aliphatic carboxylic acids is 1. The number of carbonyl (C=O) groups is 1. The van der Waals surface area contributed by atoms with Crippen molar-refractivity contribution in [3.63, 3.8) is 0 Å². The standard InChI is InChI=1S/C11H15NO2S/c1-3-12(2)8-10-5-4-9(15-10)6-7-11(13)14/h4-7H,3,8H2,1-2H3,(H,13,14). The molecule has 0 unspecified atom stereocenters. The molecule has 4 heteroatoms. The van der Waals surface area contributed by atoms with Gasteiger partial charge in [0.05, 0.1) is 0 Å². The molecule has 1 heterocycles. The van der Waals surface area contributed by atoms with Crippen LogP contribution in [0.15, 0.2) is 18.2 Å². The van der Waals surface area contributed by atoms with Gasteiger partial charge in [-0.1, -0.05) is 6.92 Å². The van der Waals surface area contributed by atoms with Gasteiger partial charge in [-0.05, 0) is 31.8 Å². The van der Waals surface area contributed by atoms with Crippen LogP contribution in [0.1, 0.15) is 16.7 Å². The van der Waals surface area contributed by atoms with Crippen molar-refractivity contribution in [3.05, 3.63) is 28.0 Å². The number of carboxylic acids is 1. The minimum Gasteiger partial charge on any atom is -0.478 e. The smallest absolute Gasteiger partial charge is 0.328 e. The predicted molar refractivity (Wildman–Crippen MR) is 63.0 cm³/mol. The van der Waals surface area contributed by atoms with Gasteiger partial charge in [-0.3, -0.25) is 0 Å². The van der Waals surface area contributed by atoms with Crippen molar-refractivity contribution in [2.24, 2.45) is 0 Å². The molecule has 0 aliphatic carbocycles. The maximum atomic E-state index is 10.3. The molecule has 0 aliphatic rings. The fourth-order valence-electron chi connectivity index (χ4n) is 1.10. The molecule has 1 aromatic rings. The minimum absolute atomic E-state index is 0.907. The highest BCUT2D eigenvalue weighted by molar-refractivity contribution is 7.12. The summed E-state index contributed by atoms with van der Waals surface area (Å²) in [4.78, 5) is 14.8. The molecule has 0 aromatic carbocycles. The van der Waals surface area contributed by atoms with Crippen LogP contribution in [0.5, 0.6) is 0 Å². The summed E-state index contributed by atoms with van der Waals surface area (Å²) in [5.74, 6) is -0.907. The van der Waals surface area contributed by atoms with Crippen molar-refractivity contribution in [1.82, 2.24) is 4.90 Å². The molecule has 0 amide bonds. The van der Waals surface area contributed by atoms with Crippen molar-refractivity contribution >= 4 is 23.4 Å². The average Bonchev–Trinajstić information content (AvgIpc) is 2.62. The summed E-state index contributed by atoms with van der Waals surface area (Å²) < 4.78 is 0. The van der Waals surface area contributed by atoms with Crippen molar-refractivity contribution in [1.29, 1.82) is 0 Å². The summed E-state index contributed by atoms with van der Waals surface area (Å²) in [5.41, 5.74) is 0. The fraction of sp³-hybridized carbons (Fsp3) is 0.364. The zero-order valence-electron chi connectivity index (χ0n) is 8.93. The van der Waals surface area contributed by atoms with Gasteiger partial charge in [0, 0.05) is 22.4 Å². The van der Waals surface area contributed by atoms with E-state index in [1.54, 1.807) is 17.4 Å². The molecule has 0 saturated heterocycles. The van der Waals surface area contributed by atoms with E-state index in [4.69, 9.17) is 5.11 Å². The van der Waals surface area contributed by atoms with Gasteiger partial charge in [0.2, 0.25) is 0 Å². The Kier molecular flexibility index (Phi) is 4.52. The first kappa shape index (κ1) is 11.9. The second-order valence-corrected chi connectivity index (χ2v) is 4.51. The molecule has 15 heavy (non-hydrogen) atoms. The lowest BCUT2D eigenvalue weighted by molar-refractivity contribution is -0.131. The van der Waals surface area contributed by atoms with E-state index < -0.39 is 5.97 Å². The minimum atomic E-state index is -0.907. The van der Waals surface area contributed by atoms with Crippen LogP contribution in [0.2, 0.25) is 0 Å². The maximum absolute atomic E-state index is 10.3. The highest BCUT2D eigenvalue weighted by Crippen LogP contribution is 2.19. The number of hydrogen-bond acceptors (Lipinski definition) is 3. The fourth-order valence-corrected chi connectivity index (χ4v) is 2.10. The Balaban J connectivity index is 2.60. The molecular weight excluding hydrogens is 210 g/mol. The summed E-state index contributed by atoms with van der Waals surface area (Å²) in [6.45, 7) is 4.04. The van der Waals surface area contributed by atoms with E-state index >= 15 is 0 Å². The first-order valence-electron chi connectivity index (χ1n) is 4.80. The highest BCUT2D eigenvalue weighted by atomic mass is 32.1. The van der Waals surface area contributed by atoms with E-state index in [1.165, 1.54) is 11.0 Å². The molecule has 3 nitrogen and oxygen atoms in total. The van der Waals surface area contributed by atoms with Gasteiger partial charge in [-0.2, -0.15) is 0 Å². The summed E-state index contributed by atoms with van der Waals surface area (Å²) in [7, 11) is 2.06. The molecule has 0 atom stereocenters. The molecular formula is C11H15NO2S. The summed E-state index contributed by atoms with van der Waals surface area (Å²) in [6.07, 6.45) is 2.79. The zero-order chi connectivity index (χ0) is 11.3. The second-order valence-electron chi connectivity index (χ2n) is 3.31. The van der Waals surface area contributed by atoms with Gasteiger partial charge in [-0.25, -0.2) is 4.79 Å². The van der Waals surface area contributed by atoms with Crippen LogP contribution in [0.3, 0.4) is 0 Å². The van der Waals surface area contributed by atoms with E-state index in [0.29, 0.717) is 0 Å². The van der Waals surface area contributed by atoms with Crippen LogP contribution in [0.4, 0.5) is 0 Å². The highest BCUT2D eigenvalue weighted by Gasteiger charge is 2.00. The van der Waals surface area contributed by atoms with Crippen LogP contribution < -0.4 is 0 Å². The van der Waals surface area contributed by atoms with Crippen LogP contribution >= 0.6 is 11.3 Å². The van der Waals surface area contributed by atoms with Crippen LogP contribution in [0, 0.1) is 0 Å². The summed E-state index contributed by atoms with van der Waals surface area (Å²) in [6, 6.07) is 3.99. The zero-order valence-corrected chi connectivity index (χ0v) is 9.75. The third-order valence-corrected chi connectivity index (χ3v) is 3.07. The SMILES string of the molecule is CCN(C)Cc1ccc(C=CC(=O)O)s1. The first-order valence-corrected chi connectivity index (χ1v) is 5.61. The molecule has 82 valence electrons. The Morgan fingerprint density at radius 1 is 1.60 bits per heavy atom. The molecule has 1 N–H and O–H groups in total. The first-order chi connectivity index (χ1) is 7.11. The van der Waals surface area contributed by atoms with Gasteiger partial charge in [-0.15, -0.1) is 11.3 Å². The molecule has 1 aromatic heterocycles. The molecule has 0 saturated carbocycles. The summed E-state index contributed by atoms with van der Waals surface area (Å²) >= 11 is 1.63. The number of hydrogen-bond donors (Lipinski definition) is 1. The van der Waals surface area contributed by atoms with Crippen molar-refractivity contribution in [2.45, 2.75) is 13.5 Å².